The lowest BCUT2D eigenvalue weighted by Crippen LogP contribution is -2.44. The number of ether oxygens (including phenoxy) is 1. The summed E-state index contributed by atoms with van der Waals surface area (Å²) in [6, 6.07) is 0. The van der Waals surface area contributed by atoms with Gasteiger partial charge in [0.15, 0.2) is 0 Å². The SMILES string of the molecule is CCC(C)(C)C(=O)OC12CCCCC1CC(C)(O)C2. The normalized spacial score (nSPS) is 38.9. The molecule has 0 bridgehead atoms. The van der Waals surface area contributed by atoms with Crippen molar-refractivity contribution in [3.63, 3.8) is 0 Å². The molecule has 0 aliphatic heterocycles. The van der Waals surface area contributed by atoms with Gasteiger partial charge < -0.3 is 9.84 Å². The van der Waals surface area contributed by atoms with Crippen LogP contribution in [0.5, 0.6) is 0 Å². The minimum Gasteiger partial charge on any atom is -0.458 e. The van der Waals surface area contributed by atoms with Gasteiger partial charge in [0.05, 0.1) is 11.0 Å². The monoisotopic (exact) mass is 268 g/mol. The summed E-state index contributed by atoms with van der Waals surface area (Å²) >= 11 is 0. The minimum absolute atomic E-state index is 0.0976. The van der Waals surface area contributed by atoms with Crippen molar-refractivity contribution >= 4 is 5.97 Å². The van der Waals surface area contributed by atoms with Crippen LogP contribution in [0.15, 0.2) is 0 Å². The molecule has 2 rings (SSSR count). The Balaban J connectivity index is 2.18. The van der Waals surface area contributed by atoms with E-state index in [4.69, 9.17) is 4.74 Å². The maximum atomic E-state index is 12.4. The number of hydrogen-bond donors (Lipinski definition) is 1. The predicted molar refractivity (Wildman–Crippen MR) is 74.7 cm³/mol. The van der Waals surface area contributed by atoms with Gasteiger partial charge in [0.25, 0.3) is 0 Å². The molecule has 1 N–H and O–H groups in total. The molecule has 2 aliphatic carbocycles. The first-order valence-electron chi connectivity index (χ1n) is 7.67. The van der Waals surface area contributed by atoms with Crippen LogP contribution in [0.4, 0.5) is 0 Å². The zero-order valence-corrected chi connectivity index (χ0v) is 12.8. The molecule has 3 nitrogen and oxygen atoms in total. The molecule has 0 aromatic rings. The van der Waals surface area contributed by atoms with Gasteiger partial charge in [0.1, 0.15) is 5.60 Å². The Hall–Kier alpha value is -0.570. The van der Waals surface area contributed by atoms with E-state index in [0.29, 0.717) is 12.3 Å². The van der Waals surface area contributed by atoms with Gasteiger partial charge >= 0.3 is 5.97 Å². The van der Waals surface area contributed by atoms with E-state index in [9.17, 15) is 9.90 Å². The number of carbonyl (C=O) groups excluding carboxylic acids is 1. The first kappa shape index (κ1) is 14.8. The predicted octanol–water partition coefficient (Wildman–Crippen LogP) is 3.44. The maximum Gasteiger partial charge on any atom is 0.312 e. The number of esters is 1. The molecule has 3 atom stereocenters. The lowest BCUT2D eigenvalue weighted by atomic mass is 9.77. The number of fused-ring (bicyclic) bond motifs is 1. The summed E-state index contributed by atoms with van der Waals surface area (Å²) in [5, 5.41) is 10.4. The second-order valence-corrected chi connectivity index (χ2v) is 7.51. The summed E-state index contributed by atoms with van der Waals surface area (Å²) in [5.41, 5.74) is -1.50. The van der Waals surface area contributed by atoms with Crippen molar-refractivity contribution < 1.29 is 14.6 Å². The Morgan fingerprint density at radius 3 is 2.74 bits per heavy atom. The molecule has 0 amide bonds. The number of rotatable bonds is 3. The first-order valence-corrected chi connectivity index (χ1v) is 7.67. The van der Waals surface area contributed by atoms with E-state index < -0.39 is 16.6 Å². The smallest absolute Gasteiger partial charge is 0.312 e. The van der Waals surface area contributed by atoms with Gasteiger partial charge in [-0.25, -0.2) is 0 Å². The van der Waals surface area contributed by atoms with Crippen molar-refractivity contribution in [3.05, 3.63) is 0 Å². The van der Waals surface area contributed by atoms with Gasteiger partial charge in [-0.05, 0) is 52.9 Å². The molecule has 0 saturated heterocycles. The Bertz CT molecular complexity index is 359. The standard InChI is InChI=1S/C16H28O3/c1-5-14(2,3)13(17)19-16-9-7-6-8-12(16)10-15(4,18)11-16/h12,18H,5-11H2,1-4H3. The van der Waals surface area contributed by atoms with E-state index in [1.165, 1.54) is 6.42 Å². The third-order valence-corrected chi connectivity index (χ3v) is 5.25. The molecule has 0 heterocycles. The van der Waals surface area contributed by atoms with E-state index >= 15 is 0 Å². The average molecular weight is 268 g/mol. The summed E-state index contributed by atoms with van der Waals surface area (Å²) in [7, 11) is 0. The topological polar surface area (TPSA) is 46.5 Å². The molecule has 19 heavy (non-hydrogen) atoms. The Kier molecular flexibility index (Phi) is 3.72. The van der Waals surface area contributed by atoms with Gasteiger partial charge in [0, 0.05) is 12.3 Å². The van der Waals surface area contributed by atoms with Crippen molar-refractivity contribution in [2.75, 3.05) is 0 Å². The number of hydrogen-bond acceptors (Lipinski definition) is 3. The molecule has 3 unspecified atom stereocenters. The fraction of sp³-hybridized carbons (Fsp3) is 0.938. The molecular formula is C16H28O3. The van der Waals surface area contributed by atoms with Gasteiger partial charge in [0.2, 0.25) is 0 Å². The molecule has 2 fully saturated rings. The Morgan fingerprint density at radius 2 is 2.11 bits per heavy atom. The molecule has 0 spiro atoms. The quantitative estimate of drug-likeness (QED) is 0.798. The average Bonchev–Trinajstić information content (AvgIpc) is 2.58. The number of carbonyl (C=O) groups is 1. The molecule has 3 heteroatoms. The molecule has 2 saturated carbocycles. The zero-order chi connectivity index (χ0) is 14.3. The number of aliphatic hydroxyl groups is 1. The van der Waals surface area contributed by atoms with E-state index in [0.717, 1.165) is 32.1 Å². The lowest BCUT2D eigenvalue weighted by Gasteiger charge is -2.40. The van der Waals surface area contributed by atoms with Crippen LogP contribution in [0.3, 0.4) is 0 Å². The molecular weight excluding hydrogens is 240 g/mol. The van der Waals surface area contributed by atoms with Crippen LogP contribution in [0.2, 0.25) is 0 Å². The van der Waals surface area contributed by atoms with Crippen molar-refractivity contribution in [2.45, 2.75) is 83.8 Å². The summed E-state index contributed by atoms with van der Waals surface area (Å²) in [6.45, 7) is 7.78. The Morgan fingerprint density at radius 1 is 1.42 bits per heavy atom. The van der Waals surface area contributed by atoms with Gasteiger partial charge in [-0.2, -0.15) is 0 Å². The first-order chi connectivity index (χ1) is 8.71. The largest absolute Gasteiger partial charge is 0.458 e. The maximum absolute atomic E-state index is 12.4. The Labute approximate surface area is 116 Å². The summed E-state index contributed by atoms with van der Waals surface area (Å²) in [5.74, 6) is 0.243. The van der Waals surface area contributed by atoms with E-state index in [2.05, 4.69) is 0 Å². The highest BCUT2D eigenvalue weighted by atomic mass is 16.6. The summed E-state index contributed by atoms with van der Waals surface area (Å²) in [4.78, 5) is 12.4. The minimum atomic E-state index is -0.675. The van der Waals surface area contributed by atoms with Gasteiger partial charge in [-0.15, -0.1) is 0 Å². The molecule has 0 aromatic carbocycles. The van der Waals surface area contributed by atoms with Crippen LogP contribution >= 0.6 is 0 Å². The summed E-state index contributed by atoms with van der Waals surface area (Å²) in [6.07, 6.45) is 6.45. The van der Waals surface area contributed by atoms with Crippen molar-refractivity contribution in [2.24, 2.45) is 11.3 Å². The van der Waals surface area contributed by atoms with Crippen molar-refractivity contribution in [1.82, 2.24) is 0 Å². The lowest BCUT2D eigenvalue weighted by molar-refractivity contribution is -0.179. The van der Waals surface area contributed by atoms with Crippen LogP contribution in [0.1, 0.15) is 72.6 Å². The van der Waals surface area contributed by atoms with Gasteiger partial charge in [-0.3, -0.25) is 4.79 Å². The third-order valence-electron chi connectivity index (χ3n) is 5.25. The molecule has 0 radical (unpaired) electrons. The fourth-order valence-electron chi connectivity index (χ4n) is 3.69. The summed E-state index contributed by atoms with van der Waals surface area (Å²) < 4.78 is 6.00. The highest BCUT2D eigenvalue weighted by Crippen LogP contribution is 2.52. The van der Waals surface area contributed by atoms with E-state index in [1.807, 2.05) is 27.7 Å². The van der Waals surface area contributed by atoms with Crippen LogP contribution < -0.4 is 0 Å². The highest BCUT2D eigenvalue weighted by Gasteiger charge is 2.56. The van der Waals surface area contributed by atoms with Crippen molar-refractivity contribution in [1.29, 1.82) is 0 Å². The van der Waals surface area contributed by atoms with E-state index in [1.54, 1.807) is 0 Å². The van der Waals surface area contributed by atoms with Crippen LogP contribution in [0.25, 0.3) is 0 Å². The highest BCUT2D eigenvalue weighted by molar-refractivity contribution is 5.76. The molecule has 2 aliphatic rings. The second-order valence-electron chi connectivity index (χ2n) is 7.51. The molecule has 110 valence electrons. The molecule has 0 aromatic heterocycles. The third kappa shape index (κ3) is 2.81. The van der Waals surface area contributed by atoms with Crippen LogP contribution in [-0.4, -0.2) is 22.3 Å². The fourth-order valence-corrected chi connectivity index (χ4v) is 3.69. The van der Waals surface area contributed by atoms with Crippen LogP contribution in [-0.2, 0) is 9.53 Å². The van der Waals surface area contributed by atoms with Crippen LogP contribution in [0, 0.1) is 11.3 Å². The van der Waals surface area contributed by atoms with Crippen molar-refractivity contribution in [3.8, 4) is 0 Å². The second kappa shape index (κ2) is 4.76. The zero-order valence-electron chi connectivity index (χ0n) is 12.8. The van der Waals surface area contributed by atoms with Gasteiger partial charge in [-0.1, -0.05) is 13.3 Å². The van der Waals surface area contributed by atoms with E-state index in [-0.39, 0.29) is 5.97 Å².